The molecule has 4 rings (SSSR count). The molecule has 0 spiro atoms. The Morgan fingerprint density at radius 2 is 1.52 bits per heavy atom. The molecule has 1 heterocycles. The van der Waals surface area contributed by atoms with Crippen molar-refractivity contribution >= 4 is 21.9 Å². The van der Waals surface area contributed by atoms with Gasteiger partial charge in [0.2, 0.25) is 15.9 Å². The first-order valence-corrected chi connectivity index (χ1v) is 10.6. The minimum atomic E-state index is -3.57. The number of hydrogen-bond donors (Lipinski definition) is 1. The highest BCUT2D eigenvalue weighted by Crippen LogP contribution is 2.48. The fourth-order valence-electron chi connectivity index (χ4n) is 4.60. The fraction of sp³-hybridized carbons (Fsp3) is 0.474. The monoisotopic (exact) mass is 390 g/mol. The maximum atomic E-state index is 13.0. The maximum Gasteiger partial charge on any atom is 0.307 e. The van der Waals surface area contributed by atoms with Crippen molar-refractivity contribution in [2.45, 2.75) is 11.3 Å². The molecule has 7 nitrogen and oxygen atoms in total. The summed E-state index contributed by atoms with van der Waals surface area (Å²) in [6.07, 6.45) is 4.59. The van der Waals surface area contributed by atoms with Gasteiger partial charge in [0.1, 0.15) is 0 Å². The van der Waals surface area contributed by atoms with Crippen LogP contribution < -0.4 is 0 Å². The molecular weight excluding hydrogens is 368 g/mol. The lowest BCUT2D eigenvalue weighted by atomic mass is 9.82. The van der Waals surface area contributed by atoms with Crippen molar-refractivity contribution < 1.29 is 23.1 Å². The fourth-order valence-corrected chi connectivity index (χ4v) is 6.04. The summed E-state index contributed by atoms with van der Waals surface area (Å²) in [6, 6.07) is 8.25. The highest BCUT2D eigenvalue weighted by atomic mass is 32.2. The van der Waals surface area contributed by atoms with Crippen LogP contribution in [0.15, 0.2) is 47.4 Å². The van der Waals surface area contributed by atoms with Gasteiger partial charge in [-0.3, -0.25) is 9.59 Å². The van der Waals surface area contributed by atoms with E-state index in [4.69, 9.17) is 0 Å². The predicted molar refractivity (Wildman–Crippen MR) is 97.1 cm³/mol. The molecule has 0 aromatic heterocycles. The Labute approximate surface area is 158 Å². The first kappa shape index (κ1) is 18.2. The molecule has 1 saturated heterocycles. The van der Waals surface area contributed by atoms with Gasteiger partial charge < -0.3 is 10.0 Å². The quantitative estimate of drug-likeness (QED) is 0.775. The van der Waals surface area contributed by atoms with Crippen LogP contribution in [0.25, 0.3) is 0 Å². The van der Waals surface area contributed by atoms with Crippen molar-refractivity contribution in [3.63, 3.8) is 0 Å². The van der Waals surface area contributed by atoms with Crippen molar-refractivity contribution in [1.29, 1.82) is 0 Å². The first-order chi connectivity index (χ1) is 12.9. The standard InChI is InChI=1S/C19H22N2O5S/c22-18(16-13-6-7-14(12-13)17(16)19(23)24)20-8-10-21(11-9-20)27(25,26)15-4-2-1-3-5-15/h1-7,13-14,16-17H,8-12H2,(H,23,24)/t13-,14-,16-,17-/m0/s1. The van der Waals surface area contributed by atoms with Crippen molar-refractivity contribution in [3.8, 4) is 0 Å². The second kappa shape index (κ2) is 6.76. The second-order valence-corrected chi connectivity index (χ2v) is 9.32. The summed E-state index contributed by atoms with van der Waals surface area (Å²) in [5.41, 5.74) is 0. The van der Waals surface area contributed by atoms with Crippen LogP contribution in [0.4, 0.5) is 0 Å². The highest BCUT2D eigenvalue weighted by Gasteiger charge is 2.52. The number of fused-ring (bicyclic) bond motifs is 2. The van der Waals surface area contributed by atoms with E-state index >= 15 is 0 Å². The topological polar surface area (TPSA) is 95.0 Å². The van der Waals surface area contributed by atoms with E-state index in [1.54, 1.807) is 35.2 Å². The molecule has 0 unspecified atom stereocenters. The molecule has 2 bridgehead atoms. The molecule has 1 aromatic rings. The summed E-state index contributed by atoms with van der Waals surface area (Å²) in [4.78, 5) is 26.5. The van der Waals surface area contributed by atoms with Gasteiger partial charge in [-0.2, -0.15) is 4.31 Å². The van der Waals surface area contributed by atoms with Crippen molar-refractivity contribution in [1.82, 2.24) is 9.21 Å². The molecule has 1 aliphatic heterocycles. The summed E-state index contributed by atoms with van der Waals surface area (Å²) < 4.78 is 26.8. The third-order valence-corrected chi connectivity index (χ3v) is 7.87. The summed E-state index contributed by atoms with van der Waals surface area (Å²) >= 11 is 0. The van der Waals surface area contributed by atoms with E-state index in [0.29, 0.717) is 0 Å². The van der Waals surface area contributed by atoms with Gasteiger partial charge in [-0.25, -0.2) is 8.42 Å². The molecule has 144 valence electrons. The molecule has 1 saturated carbocycles. The van der Waals surface area contributed by atoms with E-state index in [1.165, 1.54) is 4.31 Å². The van der Waals surface area contributed by atoms with Crippen LogP contribution in [-0.4, -0.2) is 60.8 Å². The van der Waals surface area contributed by atoms with Crippen LogP contribution in [0.2, 0.25) is 0 Å². The number of carbonyl (C=O) groups excluding carboxylic acids is 1. The number of rotatable bonds is 4. The second-order valence-electron chi connectivity index (χ2n) is 7.38. The van der Waals surface area contributed by atoms with E-state index in [2.05, 4.69) is 0 Å². The summed E-state index contributed by atoms with van der Waals surface area (Å²) in [6.45, 7) is 1.01. The number of aliphatic carboxylic acids is 1. The predicted octanol–water partition coefficient (Wildman–Crippen LogP) is 1.04. The molecule has 1 aromatic carbocycles. The Morgan fingerprint density at radius 1 is 0.926 bits per heavy atom. The SMILES string of the molecule is O=C(O)[C@@H]1[C@@H](C(=O)N2CCN(S(=O)(=O)c3ccccc3)CC2)[C@H]2C=C[C@H]1C2. The van der Waals surface area contributed by atoms with Crippen LogP contribution >= 0.6 is 0 Å². The minimum Gasteiger partial charge on any atom is -0.481 e. The molecule has 0 radical (unpaired) electrons. The maximum absolute atomic E-state index is 13.0. The van der Waals surface area contributed by atoms with E-state index in [1.807, 2.05) is 12.2 Å². The van der Waals surface area contributed by atoms with Crippen LogP contribution in [0, 0.1) is 23.7 Å². The molecule has 2 fully saturated rings. The Balaban J connectivity index is 1.44. The summed E-state index contributed by atoms with van der Waals surface area (Å²) in [5.74, 6) is -2.37. The molecule has 8 heteroatoms. The summed E-state index contributed by atoms with van der Waals surface area (Å²) in [5, 5.41) is 9.54. The molecule has 1 amide bonds. The zero-order chi connectivity index (χ0) is 19.2. The van der Waals surface area contributed by atoms with E-state index in [0.717, 1.165) is 6.42 Å². The lowest BCUT2D eigenvalue weighted by Gasteiger charge is -2.37. The number of carbonyl (C=O) groups is 2. The van der Waals surface area contributed by atoms with Gasteiger partial charge in [-0.15, -0.1) is 0 Å². The number of nitrogens with zero attached hydrogens (tertiary/aromatic N) is 2. The third-order valence-electron chi connectivity index (χ3n) is 5.96. The number of benzene rings is 1. The molecular formula is C19H22N2O5S. The largest absolute Gasteiger partial charge is 0.481 e. The Kier molecular flexibility index (Phi) is 4.55. The van der Waals surface area contributed by atoms with Crippen LogP contribution in [0.5, 0.6) is 0 Å². The van der Waals surface area contributed by atoms with E-state index < -0.39 is 27.8 Å². The Hall–Kier alpha value is -2.19. The van der Waals surface area contributed by atoms with Gasteiger partial charge in [0.25, 0.3) is 0 Å². The van der Waals surface area contributed by atoms with Crippen molar-refractivity contribution in [2.24, 2.45) is 23.7 Å². The number of allylic oxidation sites excluding steroid dienone is 2. The molecule has 3 aliphatic rings. The molecule has 1 N–H and O–H groups in total. The lowest BCUT2D eigenvalue weighted by molar-refractivity contribution is -0.151. The number of carboxylic acid groups (broad SMARTS) is 1. The Bertz CT molecular complexity index is 875. The number of piperazine rings is 1. The average Bonchev–Trinajstić information content (AvgIpc) is 3.29. The van der Waals surface area contributed by atoms with Crippen LogP contribution in [0.1, 0.15) is 6.42 Å². The molecule has 4 atom stereocenters. The van der Waals surface area contributed by atoms with E-state index in [9.17, 15) is 23.1 Å². The van der Waals surface area contributed by atoms with Crippen LogP contribution in [-0.2, 0) is 19.6 Å². The highest BCUT2D eigenvalue weighted by molar-refractivity contribution is 7.89. The first-order valence-electron chi connectivity index (χ1n) is 9.14. The summed E-state index contributed by atoms with van der Waals surface area (Å²) in [7, 11) is -3.57. The number of hydrogen-bond acceptors (Lipinski definition) is 4. The third kappa shape index (κ3) is 3.06. The smallest absolute Gasteiger partial charge is 0.307 e. The van der Waals surface area contributed by atoms with Crippen molar-refractivity contribution in [2.75, 3.05) is 26.2 Å². The zero-order valence-corrected chi connectivity index (χ0v) is 15.6. The normalized spacial score (nSPS) is 30.6. The number of amides is 1. The van der Waals surface area contributed by atoms with Gasteiger partial charge in [0.15, 0.2) is 0 Å². The van der Waals surface area contributed by atoms with Crippen molar-refractivity contribution in [3.05, 3.63) is 42.5 Å². The number of carboxylic acids is 1. The zero-order valence-electron chi connectivity index (χ0n) is 14.8. The molecule has 27 heavy (non-hydrogen) atoms. The van der Waals surface area contributed by atoms with Crippen LogP contribution in [0.3, 0.4) is 0 Å². The van der Waals surface area contributed by atoms with Gasteiger partial charge in [-0.1, -0.05) is 30.4 Å². The minimum absolute atomic E-state index is 0.0188. The van der Waals surface area contributed by atoms with Gasteiger partial charge in [0, 0.05) is 26.2 Å². The average molecular weight is 390 g/mol. The lowest BCUT2D eigenvalue weighted by Crippen LogP contribution is -2.53. The van der Waals surface area contributed by atoms with Gasteiger partial charge in [0.05, 0.1) is 16.7 Å². The number of sulfonamides is 1. The van der Waals surface area contributed by atoms with E-state index in [-0.39, 0.29) is 48.8 Å². The molecule has 2 aliphatic carbocycles. The van der Waals surface area contributed by atoms with Gasteiger partial charge >= 0.3 is 5.97 Å². The van der Waals surface area contributed by atoms with Gasteiger partial charge in [-0.05, 0) is 30.4 Å². The Morgan fingerprint density at radius 3 is 2.11 bits per heavy atom.